The van der Waals surface area contributed by atoms with E-state index in [-0.39, 0.29) is 17.7 Å². The van der Waals surface area contributed by atoms with Crippen molar-refractivity contribution in [1.29, 1.82) is 0 Å². The second-order valence-electron chi connectivity index (χ2n) is 8.50. The SMILES string of the molecule is C=CC(=O)Nc1cccc(Nc2ncc(NC(=O)c3cc(NC(=O)c4cccc(C)c4)ccc3C)cn2)c1. The quantitative estimate of drug-likeness (QED) is 0.235. The molecule has 38 heavy (non-hydrogen) atoms. The van der Waals surface area contributed by atoms with Crippen LogP contribution in [0.3, 0.4) is 0 Å². The van der Waals surface area contributed by atoms with Crippen LogP contribution in [0.25, 0.3) is 0 Å². The molecule has 4 aromatic rings. The standard InChI is InChI=1S/C29H26N6O3/c1-4-26(36)32-21-9-6-10-22(14-21)35-29-30-16-24(17-31-29)34-28(38)25-15-23(12-11-19(25)3)33-27(37)20-8-5-7-18(2)13-20/h4-17H,1H2,2-3H3,(H,32,36)(H,33,37)(H,34,38)(H,30,31,35). The molecule has 9 nitrogen and oxygen atoms in total. The normalized spacial score (nSPS) is 10.3. The van der Waals surface area contributed by atoms with Crippen molar-refractivity contribution in [3.8, 4) is 0 Å². The molecule has 0 bridgehead atoms. The third-order valence-electron chi connectivity index (χ3n) is 5.50. The van der Waals surface area contributed by atoms with Crippen molar-refractivity contribution < 1.29 is 14.4 Å². The first-order valence-corrected chi connectivity index (χ1v) is 11.7. The second kappa shape index (κ2) is 11.6. The van der Waals surface area contributed by atoms with Crippen LogP contribution in [0, 0.1) is 13.8 Å². The molecule has 4 rings (SSSR count). The highest BCUT2D eigenvalue weighted by molar-refractivity contribution is 6.08. The van der Waals surface area contributed by atoms with Gasteiger partial charge in [-0.05, 0) is 68.0 Å². The van der Waals surface area contributed by atoms with Gasteiger partial charge in [-0.3, -0.25) is 14.4 Å². The van der Waals surface area contributed by atoms with Gasteiger partial charge in [0.15, 0.2) is 0 Å². The summed E-state index contributed by atoms with van der Waals surface area (Å²) in [6.45, 7) is 7.17. The molecule has 3 amide bonds. The Morgan fingerprint density at radius 2 is 1.42 bits per heavy atom. The van der Waals surface area contributed by atoms with Gasteiger partial charge < -0.3 is 21.3 Å². The average Bonchev–Trinajstić information content (AvgIpc) is 2.91. The minimum Gasteiger partial charge on any atom is -0.324 e. The van der Waals surface area contributed by atoms with Gasteiger partial charge >= 0.3 is 0 Å². The van der Waals surface area contributed by atoms with Crippen LogP contribution in [0.4, 0.5) is 28.7 Å². The average molecular weight is 507 g/mol. The third kappa shape index (κ3) is 6.67. The zero-order chi connectivity index (χ0) is 27.1. The summed E-state index contributed by atoms with van der Waals surface area (Å²) in [6, 6.07) is 19.5. The molecule has 1 heterocycles. The van der Waals surface area contributed by atoms with E-state index >= 15 is 0 Å². The van der Waals surface area contributed by atoms with Crippen molar-refractivity contribution >= 4 is 46.4 Å². The van der Waals surface area contributed by atoms with Gasteiger partial charge in [-0.15, -0.1) is 0 Å². The molecule has 0 radical (unpaired) electrons. The first kappa shape index (κ1) is 25.8. The molecule has 0 spiro atoms. The van der Waals surface area contributed by atoms with Crippen LogP contribution in [0.1, 0.15) is 31.8 Å². The number of amides is 3. The molecule has 0 unspecified atom stereocenters. The lowest BCUT2D eigenvalue weighted by atomic mass is 10.1. The molecular weight excluding hydrogens is 480 g/mol. The number of aromatic nitrogens is 2. The van der Waals surface area contributed by atoms with E-state index in [1.165, 1.54) is 18.5 Å². The number of carbonyl (C=O) groups excluding carboxylic acids is 3. The molecular formula is C29H26N6O3. The Hall–Kier alpha value is -5.31. The Bertz CT molecular complexity index is 1520. The van der Waals surface area contributed by atoms with Gasteiger partial charge in [-0.25, -0.2) is 9.97 Å². The molecule has 0 aliphatic heterocycles. The summed E-state index contributed by atoms with van der Waals surface area (Å²) in [4.78, 5) is 45.6. The molecule has 9 heteroatoms. The zero-order valence-corrected chi connectivity index (χ0v) is 20.9. The number of aryl methyl sites for hydroxylation is 2. The van der Waals surface area contributed by atoms with Crippen LogP contribution in [0.2, 0.25) is 0 Å². The molecule has 0 saturated carbocycles. The molecule has 0 fully saturated rings. The number of benzene rings is 3. The van der Waals surface area contributed by atoms with Gasteiger partial charge in [0.05, 0.1) is 18.1 Å². The van der Waals surface area contributed by atoms with Gasteiger partial charge in [-0.1, -0.05) is 36.4 Å². The molecule has 1 aromatic heterocycles. The van der Waals surface area contributed by atoms with E-state index in [1.54, 1.807) is 54.6 Å². The lowest BCUT2D eigenvalue weighted by Gasteiger charge is -2.11. The summed E-state index contributed by atoms with van der Waals surface area (Å²) >= 11 is 0. The number of nitrogens with one attached hydrogen (secondary N) is 4. The molecule has 0 saturated heterocycles. The van der Waals surface area contributed by atoms with Crippen LogP contribution in [0.15, 0.2) is 91.8 Å². The van der Waals surface area contributed by atoms with Gasteiger partial charge in [0.2, 0.25) is 11.9 Å². The predicted octanol–water partition coefficient (Wildman–Crippen LogP) is 5.47. The van der Waals surface area contributed by atoms with E-state index in [9.17, 15) is 14.4 Å². The van der Waals surface area contributed by atoms with Gasteiger partial charge in [0.25, 0.3) is 11.8 Å². The molecule has 3 aromatic carbocycles. The molecule has 4 N–H and O–H groups in total. The smallest absolute Gasteiger partial charge is 0.256 e. The van der Waals surface area contributed by atoms with Crippen LogP contribution >= 0.6 is 0 Å². The fourth-order valence-corrected chi connectivity index (χ4v) is 3.59. The number of rotatable bonds is 8. The lowest BCUT2D eigenvalue weighted by molar-refractivity contribution is -0.111. The summed E-state index contributed by atoms with van der Waals surface area (Å²) < 4.78 is 0. The summed E-state index contributed by atoms with van der Waals surface area (Å²) in [5.74, 6) is -0.613. The summed E-state index contributed by atoms with van der Waals surface area (Å²) in [5, 5.41) is 11.4. The third-order valence-corrected chi connectivity index (χ3v) is 5.50. The maximum Gasteiger partial charge on any atom is 0.256 e. The van der Waals surface area contributed by atoms with Crippen molar-refractivity contribution in [2.45, 2.75) is 13.8 Å². The minimum atomic E-state index is -0.357. The largest absolute Gasteiger partial charge is 0.324 e. The Balaban J connectivity index is 1.41. The molecule has 0 aliphatic carbocycles. The van der Waals surface area contributed by atoms with Crippen LogP contribution in [-0.2, 0) is 4.79 Å². The maximum absolute atomic E-state index is 13.0. The zero-order valence-electron chi connectivity index (χ0n) is 20.9. The number of hydrogen-bond acceptors (Lipinski definition) is 6. The minimum absolute atomic E-state index is 0.256. The van der Waals surface area contributed by atoms with Crippen molar-refractivity contribution in [2.24, 2.45) is 0 Å². The van der Waals surface area contributed by atoms with E-state index in [4.69, 9.17) is 0 Å². The van der Waals surface area contributed by atoms with Crippen molar-refractivity contribution in [3.05, 3.63) is 114 Å². The Labute approximate surface area is 220 Å². The monoisotopic (exact) mass is 506 g/mol. The van der Waals surface area contributed by atoms with E-state index in [2.05, 4.69) is 37.8 Å². The summed E-state index contributed by atoms with van der Waals surface area (Å²) in [6.07, 6.45) is 4.15. The molecule has 0 aliphatic rings. The number of nitrogens with zero attached hydrogens (tertiary/aromatic N) is 2. The van der Waals surface area contributed by atoms with Crippen molar-refractivity contribution in [3.63, 3.8) is 0 Å². The van der Waals surface area contributed by atoms with Crippen LogP contribution < -0.4 is 21.3 Å². The molecule has 0 atom stereocenters. The summed E-state index contributed by atoms with van der Waals surface area (Å²) in [7, 11) is 0. The lowest BCUT2D eigenvalue weighted by Crippen LogP contribution is -2.16. The van der Waals surface area contributed by atoms with Crippen molar-refractivity contribution in [1.82, 2.24) is 9.97 Å². The fraction of sp³-hybridized carbons (Fsp3) is 0.0690. The number of anilines is 5. The predicted molar refractivity (Wildman–Crippen MR) is 149 cm³/mol. The fourth-order valence-electron chi connectivity index (χ4n) is 3.59. The van der Waals surface area contributed by atoms with E-state index in [0.29, 0.717) is 39.8 Å². The van der Waals surface area contributed by atoms with Gasteiger partial charge in [0.1, 0.15) is 0 Å². The Morgan fingerprint density at radius 3 is 2.16 bits per heavy atom. The second-order valence-corrected chi connectivity index (χ2v) is 8.50. The number of carbonyl (C=O) groups is 3. The molecule has 190 valence electrons. The van der Waals surface area contributed by atoms with Gasteiger partial charge in [0, 0.05) is 28.2 Å². The highest BCUT2D eigenvalue weighted by Gasteiger charge is 2.13. The first-order chi connectivity index (χ1) is 18.3. The highest BCUT2D eigenvalue weighted by Crippen LogP contribution is 2.20. The number of hydrogen-bond donors (Lipinski definition) is 4. The van der Waals surface area contributed by atoms with E-state index < -0.39 is 0 Å². The van der Waals surface area contributed by atoms with Crippen LogP contribution in [-0.4, -0.2) is 27.7 Å². The van der Waals surface area contributed by atoms with E-state index in [1.807, 2.05) is 26.0 Å². The summed E-state index contributed by atoms with van der Waals surface area (Å²) in [5.41, 5.74) is 4.86. The van der Waals surface area contributed by atoms with Crippen molar-refractivity contribution in [2.75, 3.05) is 21.3 Å². The Morgan fingerprint density at radius 1 is 0.737 bits per heavy atom. The Kier molecular flexibility index (Phi) is 7.88. The maximum atomic E-state index is 13.0. The first-order valence-electron chi connectivity index (χ1n) is 11.7. The highest BCUT2D eigenvalue weighted by atomic mass is 16.2. The van der Waals surface area contributed by atoms with Crippen LogP contribution in [0.5, 0.6) is 0 Å². The van der Waals surface area contributed by atoms with Gasteiger partial charge in [-0.2, -0.15) is 0 Å². The van der Waals surface area contributed by atoms with E-state index in [0.717, 1.165) is 11.1 Å². The topological polar surface area (TPSA) is 125 Å².